The monoisotopic (exact) mass is 297 g/mol. The third kappa shape index (κ3) is 3.13. The second kappa shape index (κ2) is 5.98. The quantitative estimate of drug-likeness (QED) is 0.740. The summed E-state index contributed by atoms with van der Waals surface area (Å²) in [5, 5.41) is 13.9. The van der Waals surface area contributed by atoms with Crippen molar-refractivity contribution in [1.82, 2.24) is 4.98 Å². The molecule has 0 aliphatic rings. The summed E-state index contributed by atoms with van der Waals surface area (Å²) < 4.78 is 1.11. The Labute approximate surface area is 121 Å². The molecule has 6 heteroatoms. The van der Waals surface area contributed by atoms with Crippen molar-refractivity contribution < 1.29 is 5.11 Å². The molecule has 0 spiro atoms. The minimum atomic E-state index is 0.138. The number of aryl methyl sites for hydroxylation is 1. The lowest BCUT2D eigenvalue weighted by molar-refractivity contribution is 0.288. The molecule has 0 radical (unpaired) electrons. The van der Waals surface area contributed by atoms with Gasteiger partial charge in [-0.1, -0.05) is 0 Å². The number of rotatable bonds is 5. The van der Waals surface area contributed by atoms with E-state index in [0.717, 1.165) is 26.6 Å². The lowest BCUT2D eigenvalue weighted by atomic mass is 10.2. The standard InChI is InChI=1S/C13H19N3OS2/c1-7(13(6-17)18-3)15-10-5-11-12(4-9(10)14)19-8(2)16-11/h4-5,7,13,15,17H,6,14H2,1-3H3. The van der Waals surface area contributed by atoms with Crippen LogP contribution in [0.1, 0.15) is 11.9 Å². The Morgan fingerprint density at radius 1 is 1.53 bits per heavy atom. The van der Waals surface area contributed by atoms with Crippen LogP contribution in [0.2, 0.25) is 0 Å². The SMILES string of the molecule is CSC(CO)C(C)Nc1cc2nc(C)sc2cc1N. The molecule has 1 heterocycles. The summed E-state index contributed by atoms with van der Waals surface area (Å²) in [5.41, 5.74) is 8.65. The highest BCUT2D eigenvalue weighted by molar-refractivity contribution is 7.99. The Hall–Kier alpha value is -0.980. The fourth-order valence-corrected chi connectivity index (χ4v) is 3.49. The molecule has 0 saturated carbocycles. The van der Waals surface area contributed by atoms with Crippen molar-refractivity contribution >= 4 is 44.7 Å². The van der Waals surface area contributed by atoms with E-state index in [1.807, 2.05) is 32.2 Å². The van der Waals surface area contributed by atoms with Crippen LogP contribution in [-0.4, -0.2) is 34.2 Å². The molecule has 0 aliphatic heterocycles. The van der Waals surface area contributed by atoms with E-state index in [-0.39, 0.29) is 17.9 Å². The summed E-state index contributed by atoms with van der Waals surface area (Å²) in [7, 11) is 0. The van der Waals surface area contributed by atoms with Gasteiger partial charge in [-0.25, -0.2) is 4.98 Å². The number of nitrogens with zero attached hydrogens (tertiary/aromatic N) is 1. The molecule has 2 rings (SSSR count). The number of aromatic nitrogens is 1. The molecule has 19 heavy (non-hydrogen) atoms. The van der Waals surface area contributed by atoms with Gasteiger partial charge in [-0.05, 0) is 32.2 Å². The molecule has 104 valence electrons. The van der Waals surface area contributed by atoms with Crippen molar-refractivity contribution in [3.8, 4) is 0 Å². The van der Waals surface area contributed by atoms with Gasteiger partial charge in [0.05, 0.1) is 33.2 Å². The van der Waals surface area contributed by atoms with Gasteiger partial charge in [-0.2, -0.15) is 11.8 Å². The second-order valence-electron chi connectivity index (χ2n) is 4.53. The molecule has 0 saturated heterocycles. The predicted molar refractivity (Wildman–Crippen MR) is 86.2 cm³/mol. The summed E-state index contributed by atoms with van der Waals surface area (Å²) in [6, 6.07) is 4.08. The van der Waals surface area contributed by atoms with Crippen molar-refractivity contribution in [3.63, 3.8) is 0 Å². The van der Waals surface area contributed by atoms with Crippen LogP contribution >= 0.6 is 23.1 Å². The van der Waals surface area contributed by atoms with Gasteiger partial charge < -0.3 is 16.2 Å². The Kier molecular flexibility index (Phi) is 4.54. The number of anilines is 2. The third-order valence-corrected chi connectivity index (χ3v) is 5.19. The fourth-order valence-electron chi connectivity index (χ4n) is 2.00. The number of nitrogens with two attached hydrogens (primary N) is 1. The Balaban J connectivity index is 2.26. The van der Waals surface area contributed by atoms with Gasteiger partial charge in [0.2, 0.25) is 0 Å². The summed E-state index contributed by atoms with van der Waals surface area (Å²) in [6.45, 7) is 4.19. The molecule has 2 atom stereocenters. The van der Waals surface area contributed by atoms with Crippen LogP contribution in [0.3, 0.4) is 0 Å². The van der Waals surface area contributed by atoms with Crippen LogP contribution in [0, 0.1) is 6.92 Å². The molecule has 1 aromatic carbocycles. The van der Waals surface area contributed by atoms with Crippen molar-refractivity contribution in [2.75, 3.05) is 23.9 Å². The van der Waals surface area contributed by atoms with Gasteiger partial charge in [0, 0.05) is 11.3 Å². The zero-order chi connectivity index (χ0) is 14.0. The minimum absolute atomic E-state index is 0.138. The first-order chi connectivity index (χ1) is 9.05. The normalized spacial score (nSPS) is 14.5. The number of nitrogens with one attached hydrogen (secondary N) is 1. The number of nitrogen functional groups attached to an aromatic ring is 1. The first-order valence-electron chi connectivity index (χ1n) is 6.12. The fraction of sp³-hybridized carbons (Fsp3) is 0.462. The zero-order valence-electron chi connectivity index (χ0n) is 11.3. The van der Waals surface area contributed by atoms with E-state index in [1.54, 1.807) is 23.1 Å². The van der Waals surface area contributed by atoms with Crippen LogP contribution in [0.4, 0.5) is 11.4 Å². The maximum absolute atomic E-state index is 9.32. The lowest BCUT2D eigenvalue weighted by Crippen LogP contribution is -2.31. The highest BCUT2D eigenvalue weighted by Gasteiger charge is 2.16. The maximum atomic E-state index is 9.32. The van der Waals surface area contributed by atoms with Crippen molar-refractivity contribution in [1.29, 1.82) is 0 Å². The predicted octanol–water partition coefficient (Wildman–Crippen LogP) is 2.71. The van der Waals surface area contributed by atoms with Crippen molar-refractivity contribution in [3.05, 3.63) is 17.1 Å². The molecular weight excluding hydrogens is 278 g/mol. The second-order valence-corrected chi connectivity index (χ2v) is 6.84. The number of thioether (sulfide) groups is 1. The number of hydrogen-bond acceptors (Lipinski definition) is 6. The van der Waals surface area contributed by atoms with E-state index in [0.29, 0.717) is 0 Å². The van der Waals surface area contributed by atoms with Crippen LogP contribution < -0.4 is 11.1 Å². The number of hydrogen-bond donors (Lipinski definition) is 3. The molecule has 1 aromatic heterocycles. The Morgan fingerprint density at radius 2 is 2.26 bits per heavy atom. The van der Waals surface area contributed by atoms with Crippen LogP contribution in [0.25, 0.3) is 10.2 Å². The third-order valence-electron chi connectivity index (χ3n) is 3.09. The molecule has 4 N–H and O–H groups in total. The van der Waals surface area contributed by atoms with Crippen molar-refractivity contribution in [2.24, 2.45) is 0 Å². The number of aliphatic hydroxyl groups is 1. The van der Waals surface area contributed by atoms with Crippen LogP contribution in [-0.2, 0) is 0 Å². The highest BCUT2D eigenvalue weighted by Crippen LogP contribution is 2.30. The highest BCUT2D eigenvalue weighted by atomic mass is 32.2. The number of fused-ring (bicyclic) bond motifs is 1. The van der Waals surface area contributed by atoms with E-state index < -0.39 is 0 Å². The van der Waals surface area contributed by atoms with Gasteiger partial charge in [0.15, 0.2) is 0 Å². The summed E-state index contributed by atoms with van der Waals surface area (Å²) in [4.78, 5) is 4.48. The van der Waals surface area contributed by atoms with E-state index >= 15 is 0 Å². The van der Waals surface area contributed by atoms with E-state index in [2.05, 4.69) is 10.3 Å². The van der Waals surface area contributed by atoms with Crippen molar-refractivity contribution in [2.45, 2.75) is 25.1 Å². The topological polar surface area (TPSA) is 71.2 Å². The largest absolute Gasteiger partial charge is 0.397 e. The van der Waals surface area contributed by atoms with Crippen LogP contribution in [0.15, 0.2) is 12.1 Å². The zero-order valence-corrected chi connectivity index (χ0v) is 12.9. The van der Waals surface area contributed by atoms with Gasteiger partial charge in [-0.15, -0.1) is 11.3 Å². The van der Waals surface area contributed by atoms with E-state index in [4.69, 9.17) is 5.73 Å². The number of benzene rings is 1. The first kappa shape index (κ1) is 14.4. The molecule has 2 unspecified atom stereocenters. The Morgan fingerprint density at radius 3 is 2.89 bits per heavy atom. The Bertz CT molecular complexity index is 566. The average molecular weight is 297 g/mol. The summed E-state index contributed by atoms with van der Waals surface area (Å²) in [5.74, 6) is 0. The first-order valence-corrected chi connectivity index (χ1v) is 8.22. The lowest BCUT2D eigenvalue weighted by Gasteiger charge is -2.23. The minimum Gasteiger partial charge on any atom is -0.397 e. The smallest absolute Gasteiger partial charge is 0.0907 e. The average Bonchev–Trinajstić information content (AvgIpc) is 2.70. The van der Waals surface area contributed by atoms with Gasteiger partial charge in [-0.3, -0.25) is 0 Å². The van der Waals surface area contributed by atoms with Gasteiger partial charge in [0.25, 0.3) is 0 Å². The number of aliphatic hydroxyl groups excluding tert-OH is 1. The molecule has 0 aliphatic carbocycles. The summed E-state index contributed by atoms with van der Waals surface area (Å²) >= 11 is 3.29. The van der Waals surface area contributed by atoms with Gasteiger partial charge >= 0.3 is 0 Å². The molecule has 0 bridgehead atoms. The van der Waals surface area contributed by atoms with E-state index in [9.17, 15) is 5.11 Å². The molecule has 4 nitrogen and oxygen atoms in total. The summed E-state index contributed by atoms with van der Waals surface area (Å²) in [6.07, 6.45) is 2.00. The number of thiazole rings is 1. The molecule has 0 fully saturated rings. The van der Waals surface area contributed by atoms with Gasteiger partial charge in [0.1, 0.15) is 0 Å². The molecule has 2 aromatic rings. The molecular formula is C13H19N3OS2. The maximum Gasteiger partial charge on any atom is 0.0907 e. The molecule has 0 amide bonds. The van der Waals surface area contributed by atoms with E-state index in [1.165, 1.54) is 0 Å². The van der Waals surface area contributed by atoms with Crippen LogP contribution in [0.5, 0.6) is 0 Å².